The molecule has 1 N–H and O–H groups in total. The fourth-order valence-corrected chi connectivity index (χ4v) is 5.06. The van der Waals surface area contributed by atoms with Crippen molar-refractivity contribution in [2.24, 2.45) is 0 Å². The number of hydrogen-bond acceptors (Lipinski definition) is 7. The molecule has 1 aromatic heterocycles. The Morgan fingerprint density at radius 1 is 1.05 bits per heavy atom. The van der Waals surface area contributed by atoms with E-state index in [-0.39, 0.29) is 11.3 Å². The van der Waals surface area contributed by atoms with E-state index in [0.717, 1.165) is 24.3 Å². The average molecular weight is 517 g/mol. The molecule has 2 aromatic carbocycles. The number of aliphatic hydroxyl groups is 1. The van der Waals surface area contributed by atoms with E-state index in [1.807, 2.05) is 68.4 Å². The van der Waals surface area contributed by atoms with Crippen molar-refractivity contribution < 1.29 is 24.2 Å². The van der Waals surface area contributed by atoms with Gasteiger partial charge in [-0.1, -0.05) is 30.3 Å². The highest BCUT2D eigenvalue weighted by Crippen LogP contribution is 2.40. The Hall–Kier alpha value is -3.95. The number of benzene rings is 2. The Morgan fingerprint density at radius 2 is 1.76 bits per heavy atom. The largest absolute Gasteiger partial charge is 0.507 e. The lowest BCUT2D eigenvalue weighted by Gasteiger charge is -2.31. The third kappa shape index (κ3) is 4.94. The first-order chi connectivity index (χ1) is 18.5. The number of rotatable bonds is 8. The maximum Gasteiger partial charge on any atom is 0.295 e. The van der Waals surface area contributed by atoms with Crippen molar-refractivity contribution in [3.05, 3.63) is 83.2 Å². The van der Waals surface area contributed by atoms with E-state index >= 15 is 0 Å². The van der Waals surface area contributed by atoms with Gasteiger partial charge in [-0.05, 0) is 43.7 Å². The van der Waals surface area contributed by atoms with Crippen LogP contribution in [0.4, 0.5) is 0 Å². The quantitative estimate of drug-likeness (QED) is 0.279. The van der Waals surface area contributed by atoms with Gasteiger partial charge in [0.25, 0.3) is 11.7 Å². The van der Waals surface area contributed by atoms with Crippen molar-refractivity contribution in [1.29, 1.82) is 0 Å². The van der Waals surface area contributed by atoms with Crippen LogP contribution in [-0.4, -0.2) is 82.4 Å². The number of morpholine rings is 1. The summed E-state index contributed by atoms with van der Waals surface area (Å²) in [5, 5.41) is 16.0. The van der Waals surface area contributed by atoms with E-state index in [2.05, 4.69) is 10.00 Å². The van der Waals surface area contributed by atoms with Crippen LogP contribution in [0.15, 0.2) is 66.4 Å². The molecule has 2 aliphatic heterocycles. The SMILES string of the molecule is CCOc1ccc(C2/C(=C(\O)c3cnn(-c4ccccc4)c3C)C(=O)C(=O)N2CCN2CCOCC2)cc1. The maximum absolute atomic E-state index is 13.4. The summed E-state index contributed by atoms with van der Waals surface area (Å²) in [6.45, 7) is 8.06. The van der Waals surface area contributed by atoms with Crippen LogP contribution >= 0.6 is 0 Å². The summed E-state index contributed by atoms with van der Waals surface area (Å²) >= 11 is 0. The van der Waals surface area contributed by atoms with Crippen molar-refractivity contribution in [2.45, 2.75) is 19.9 Å². The lowest BCUT2D eigenvalue weighted by Crippen LogP contribution is -2.42. The Morgan fingerprint density at radius 3 is 2.45 bits per heavy atom. The van der Waals surface area contributed by atoms with Gasteiger partial charge >= 0.3 is 0 Å². The zero-order chi connectivity index (χ0) is 26.6. The van der Waals surface area contributed by atoms with Gasteiger partial charge in [-0.25, -0.2) is 4.68 Å². The Bertz CT molecular complexity index is 1330. The molecule has 38 heavy (non-hydrogen) atoms. The highest BCUT2D eigenvalue weighted by atomic mass is 16.5. The highest BCUT2D eigenvalue weighted by molar-refractivity contribution is 6.46. The number of carbonyl (C=O) groups is 2. The number of aromatic nitrogens is 2. The topological polar surface area (TPSA) is 97.1 Å². The molecule has 1 unspecified atom stereocenters. The summed E-state index contributed by atoms with van der Waals surface area (Å²) in [5.74, 6) is -0.848. The highest BCUT2D eigenvalue weighted by Gasteiger charge is 2.46. The third-order valence-corrected chi connectivity index (χ3v) is 7.07. The lowest BCUT2D eigenvalue weighted by atomic mass is 9.95. The molecular formula is C29H32N4O5. The van der Waals surface area contributed by atoms with E-state index in [9.17, 15) is 14.7 Å². The van der Waals surface area contributed by atoms with Crippen molar-refractivity contribution in [2.75, 3.05) is 46.0 Å². The van der Waals surface area contributed by atoms with Gasteiger partial charge in [-0.3, -0.25) is 14.5 Å². The number of Topliss-reactive ketones (excluding diaryl/α,β-unsaturated/α-hetero) is 1. The molecule has 2 aliphatic rings. The predicted octanol–water partition coefficient (Wildman–Crippen LogP) is 3.33. The van der Waals surface area contributed by atoms with E-state index < -0.39 is 17.7 Å². The standard InChI is InChI=1S/C29H32N4O5/c1-3-38-23-11-9-21(10-12-23)26-25(28(35)29(36)32(26)14-13-31-15-17-37-18-16-31)27(34)24-19-30-33(20(24)2)22-7-5-4-6-8-22/h4-12,19,26,34H,3,13-18H2,1-2H3/b27-25+. The Kier molecular flexibility index (Phi) is 7.57. The number of carbonyl (C=O) groups excluding carboxylic acids is 2. The summed E-state index contributed by atoms with van der Waals surface area (Å²) < 4.78 is 12.7. The number of nitrogens with zero attached hydrogens (tertiary/aromatic N) is 4. The average Bonchev–Trinajstić information content (AvgIpc) is 3.45. The molecule has 3 aromatic rings. The lowest BCUT2D eigenvalue weighted by molar-refractivity contribution is -0.140. The van der Waals surface area contributed by atoms with Crippen LogP contribution in [0, 0.1) is 6.92 Å². The van der Waals surface area contributed by atoms with Crippen LogP contribution in [0.25, 0.3) is 11.4 Å². The monoisotopic (exact) mass is 516 g/mol. The molecule has 1 atom stereocenters. The van der Waals surface area contributed by atoms with Crippen LogP contribution < -0.4 is 4.74 Å². The number of likely N-dealkylation sites (tertiary alicyclic amines) is 1. The second-order valence-corrected chi connectivity index (χ2v) is 9.34. The van der Waals surface area contributed by atoms with Gasteiger partial charge in [-0.2, -0.15) is 5.10 Å². The Balaban J connectivity index is 1.54. The third-order valence-electron chi connectivity index (χ3n) is 7.07. The van der Waals surface area contributed by atoms with Crippen LogP contribution in [-0.2, 0) is 14.3 Å². The number of para-hydroxylation sites is 1. The molecule has 0 radical (unpaired) electrons. The minimum atomic E-state index is -0.730. The minimum absolute atomic E-state index is 0.0665. The fourth-order valence-electron chi connectivity index (χ4n) is 5.06. The van der Waals surface area contributed by atoms with Gasteiger partial charge in [0.1, 0.15) is 11.5 Å². The zero-order valence-electron chi connectivity index (χ0n) is 21.7. The molecule has 5 rings (SSSR count). The zero-order valence-corrected chi connectivity index (χ0v) is 21.7. The van der Waals surface area contributed by atoms with E-state index in [0.29, 0.717) is 49.9 Å². The molecular weight excluding hydrogens is 484 g/mol. The number of hydrogen-bond donors (Lipinski definition) is 1. The van der Waals surface area contributed by atoms with Gasteiger partial charge in [0, 0.05) is 26.2 Å². The van der Waals surface area contributed by atoms with Gasteiger partial charge in [0.15, 0.2) is 0 Å². The summed E-state index contributed by atoms with van der Waals surface area (Å²) in [4.78, 5) is 30.5. The molecule has 9 heteroatoms. The number of amides is 1. The molecule has 2 saturated heterocycles. The van der Waals surface area contributed by atoms with E-state index in [4.69, 9.17) is 9.47 Å². The van der Waals surface area contributed by atoms with Gasteiger partial charge in [-0.15, -0.1) is 0 Å². The molecule has 9 nitrogen and oxygen atoms in total. The Labute approximate surface area is 221 Å². The second kappa shape index (κ2) is 11.2. The predicted molar refractivity (Wildman–Crippen MR) is 142 cm³/mol. The van der Waals surface area contributed by atoms with Crippen molar-refractivity contribution in [3.8, 4) is 11.4 Å². The summed E-state index contributed by atoms with van der Waals surface area (Å²) in [7, 11) is 0. The molecule has 0 aliphatic carbocycles. The second-order valence-electron chi connectivity index (χ2n) is 9.34. The van der Waals surface area contributed by atoms with Gasteiger partial charge < -0.3 is 19.5 Å². The number of aliphatic hydroxyl groups excluding tert-OH is 1. The summed E-state index contributed by atoms with van der Waals surface area (Å²) in [6.07, 6.45) is 1.54. The summed E-state index contributed by atoms with van der Waals surface area (Å²) in [6, 6.07) is 16.1. The molecule has 0 spiro atoms. The van der Waals surface area contributed by atoms with Crippen LogP contribution in [0.3, 0.4) is 0 Å². The van der Waals surface area contributed by atoms with E-state index in [1.54, 1.807) is 9.58 Å². The maximum atomic E-state index is 13.4. The molecule has 198 valence electrons. The first kappa shape index (κ1) is 25.7. The normalized spacial score (nSPS) is 19.7. The minimum Gasteiger partial charge on any atom is -0.507 e. The molecule has 1 amide bonds. The van der Waals surface area contributed by atoms with Crippen molar-refractivity contribution in [3.63, 3.8) is 0 Å². The fraction of sp³-hybridized carbons (Fsp3) is 0.345. The van der Waals surface area contributed by atoms with Crippen LogP contribution in [0.2, 0.25) is 0 Å². The van der Waals surface area contributed by atoms with Gasteiger partial charge in [0.2, 0.25) is 0 Å². The first-order valence-corrected chi connectivity index (χ1v) is 12.9. The molecule has 0 bridgehead atoms. The smallest absolute Gasteiger partial charge is 0.295 e. The van der Waals surface area contributed by atoms with Gasteiger partial charge in [0.05, 0.1) is 54.6 Å². The number of ketones is 1. The van der Waals surface area contributed by atoms with Crippen molar-refractivity contribution >= 4 is 17.4 Å². The first-order valence-electron chi connectivity index (χ1n) is 12.9. The number of ether oxygens (including phenoxy) is 2. The van der Waals surface area contributed by atoms with Crippen LogP contribution in [0.5, 0.6) is 5.75 Å². The molecule has 2 fully saturated rings. The summed E-state index contributed by atoms with van der Waals surface area (Å²) in [5.41, 5.74) is 2.70. The van der Waals surface area contributed by atoms with Crippen molar-refractivity contribution in [1.82, 2.24) is 19.6 Å². The van der Waals surface area contributed by atoms with E-state index in [1.165, 1.54) is 6.20 Å². The molecule has 3 heterocycles. The van der Waals surface area contributed by atoms with Crippen LogP contribution in [0.1, 0.15) is 29.8 Å². The molecule has 0 saturated carbocycles.